The van der Waals surface area contributed by atoms with Crippen LogP contribution in [0.4, 0.5) is 9.18 Å². The highest BCUT2D eigenvalue weighted by molar-refractivity contribution is 8.94. The highest BCUT2D eigenvalue weighted by Gasteiger charge is 2.46. The molecular weight excluding hydrogens is 612 g/mol. The van der Waals surface area contributed by atoms with Gasteiger partial charge >= 0.3 is 12.1 Å². The number of amides is 1. The van der Waals surface area contributed by atoms with E-state index in [2.05, 4.69) is 27.6 Å². The Kier molecular flexibility index (Phi) is 8.03. The van der Waals surface area contributed by atoms with Gasteiger partial charge in [0.25, 0.3) is 5.56 Å². The number of aromatic nitrogens is 2. The molecule has 43 heavy (non-hydrogen) atoms. The number of hydrogen-bond acceptors (Lipinski definition) is 9. The maximum Gasteiger partial charge on any atom is 0.407 e. The van der Waals surface area contributed by atoms with E-state index >= 15 is 4.39 Å². The van der Waals surface area contributed by atoms with E-state index < -0.39 is 23.7 Å². The highest BCUT2D eigenvalue weighted by atomic mass is 33.3. The van der Waals surface area contributed by atoms with Gasteiger partial charge in [-0.2, -0.15) is 0 Å². The van der Waals surface area contributed by atoms with Crippen LogP contribution in [0.5, 0.6) is 0 Å². The molecular formula is C30H33FN3O6PS2. The second kappa shape index (κ2) is 11.4. The Morgan fingerprint density at radius 3 is 2.79 bits per heavy atom. The lowest BCUT2D eigenvalue weighted by molar-refractivity contribution is -0.172. The first-order valence-corrected chi connectivity index (χ1v) is 18.0. The molecule has 2 aliphatic heterocycles. The van der Waals surface area contributed by atoms with Crippen LogP contribution in [0.25, 0.3) is 22.3 Å². The van der Waals surface area contributed by atoms with Crippen molar-refractivity contribution in [2.75, 3.05) is 6.61 Å². The van der Waals surface area contributed by atoms with Gasteiger partial charge in [0, 0.05) is 22.6 Å². The van der Waals surface area contributed by atoms with Gasteiger partial charge in [-0.1, -0.05) is 50.4 Å². The lowest BCUT2D eigenvalue weighted by Crippen LogP contribution is -2.44. The highest BCUT2D eigenvalue weighted by Crippen LogP contribution is 2.46. The van der Waals surface area contributed by atoms with Gasteiger partial charge in [-0.05, 0) is 54.9 Å². The number of hydrogen-bond donors (Lipinski definition) is 2. The van der Waals surface area contributed by atoms with Crippen molar-refractivity contribution in [3.8, 4) is 11.4 Å². The third-order valence-electron chi connectivity index (χ3n) is 8.97. The number of halogens is 1. The SMILES string of the molecule is CC[C@@]1(O)C(=O)OCc2c1cc1n(c2=O)Cc2c-1nc1cc(F)c(C)c3c1c2[C@@H](NC(=O)OC[C@@H](SSP)C(C)C)CC3. The summed E-state index contributed by atoms with van der Waals surface area (Å²) in [5.74, 6) is -0.868. The minimum absolute atomic E-state index is 0.0267. The number of fused-ring (bicyclic) bond motifs is 5. The Morgan fingerprint density at radius 2 is 2.09 bits per heavy atom. The summed E-state index contributed by atoms with van der Waals surface area (Å²) in [6, 6.07) is 2.57. The van der Waals surface area contributed by atoms with Crippen LogP contribution in [-0.2, 0) is 39.4 Å². The lowest BCUT2D eigenvalue weighted by atomic mass is 9.81. The fraction of sp³-hybridized carbons (Fsp3) is 0.467. The number of benzene rings is 1. The molecule has 0 fully saturated rings. The maximum absolute atomic E-state index is 15.1. The summed E-state index contributed by atoms with van der Waals surface area (Å²) >= 11 is 0. The zero-order valence-electron chi connectivity index (χ0n) is 24.3. The minimum Gasteiger partial charge on any atom is -0.458 e. The van der Waals surface area contributed by atoms with Crippen LogP contribution in [0.3, 0.4) is 0 Å². The standard InChI is InChI=1S/C30H33FN3O6PS2/c1-5-30(38)18-8-22-26-16(10-34(22)27(35)17(18)11-39-28(30)36)25-20(33-29(37)40-12-23(13(2)3)42-43-41)7-6-15-14(4)19(31)9-21(32-26)24(15)25/h8-9,13,20,23,38H,5-7,10-12,41H2,1-4H3,(H,33,37)/t20-,23+,30-/m0/s1. The molecule has 1 amide bonds. The van der Waals surface area contributed by atoms with Gasteiger partial charge in [-0.25, -0.2) is 19.0 Å². The molecule has 1 aromatic carbocycles. The molecule has 3 aliphatic rings. The summed E-state index contributed by atoms with van der Waals surface area (Å²) < 4.78 is 27.5. The van der Waals surface area contributed by atoms with Crippen LogP contribution in [0, 0.1) is 18.7 Å². The first-order chi connectivity index (χ1) is 20.5. The zero-order chi connectivity index (χ0) is 30.8. The van der Waals surface area contributed by atoms with Crippen LogP contribution in [0.2, 0.25) is 0 Å². The van der Waals surface area contributed by atoms with Crippen molar-refractivity contribution in [2.45, 2.75) is 77.0 Å². The number of carbonyl (C=O) groups is 2. The average molecular weight is 646 g/mol. The van der Waals surface area contributed by atoms with Crippen molar-refractivity contribution in [1.29, 1.82) is 0 Å². The predicted octanol–water partition coefficient (Wildman–Crippen LogP) is 5.44. The number of ether oxygens (including phenoxy) is 2. The monoisotopic (exact) mass is 645 g/mol. The van der Waals surface area contributed by atoms with Gasteiger partial charge in [0.15, 0.2) is 5.60 Å². The maximum atomic E-state index is 15.1. The van der Waals surface area contributed by atoms with Crippen molar-refractivity contribution in [3.05, 3.63) is 61.7 Å². The van der Waals surface area contributed by atoms with Crippen molar-refractivity contribution in [3.63, 3.8) is 0 Å². The minimum atomic E-state index is -1.96. The Balaban J connectivity index is 1.47. The van der Waals surface area contributed by atoms with E-state index in [4.69, 9.17) is 14.5 Å². The molecule has 0 spiro atoms. The van der Waals surface area contributed by atoms with E-state index in [-0.39, 0.29) is 53.9 Å². The molecule has 9 nitrogen and oxygen atoms in total. The number of nitrogens with one attached hydrogen (secondary N) is 1. The molecule has 2 aromatic heterocycles. The summed E-state index contributed by atoms with van der Waals surface area (Å²) in [5, 5.41) is 15.2. The van der Waals surface area contributed by atoms with Gasteiger partial charge < -0.3 is 24.5 Å². The van der Waals surface area contributed by atoms with Crippen molar-refractivity contribution < 1.29 is 28.6 Å². The van der Waals surface area contributed by atoms with Crippen molar-refractivity contribution >= 4 is 52.6 Å². The van der Waals surface area contributed by atoms with Crippen molar-refractivity contribution in [2.24, 2.45) is 5.92 Å². The molecule has 6 rings (SSSR count). The fourth-order valence-electron chi connectivity index (χ4n) is 6.44. The number of pyridine rings is 2. The summed E-state index contributed by atoms with van der Waals surface area (Å²) in [4.78, 5) is 44.3. The molecule has 0 radical (unpaired) electrons. The summed E-state index contributed by atoms with van der Waals surface area (Å²) in [7, 11) is 5.78. The largest absolute Gasteiger partial charge is 0.458 e. The van der Waals surface area contributed by atoms with E-state index in [1.54, 1.807) is 45.7 Å². The fourth-order valence-corrected chi connectivity index (χ4v) is 9.48. The third-order valence-corrected chi connectivity index (χ3v) is 12.1. The molecule has 4 heterocycles. The van der Waals surface area contributed by atoms with Gasteiger partial charge in [-0.15, -0.1) is 0 Å². The van der Waals surface area contributed by atoms with Gasteiger partial charge in [0.2, 0.25) is 0 Å². The van der Waals surface area contributed by atoms with Crippen molar-refractivity contribution in [1.82, 2.24) is 14.9 Å². The van der Waals surface area contributed by atoms with Crippen LogP contribution < -0.4 is 10.9 Å². The van der Waals surface area contributed by atoms with Crippen LogP contribution >= 0.6 is 29.6 Å². The molecule has 13 heteroatoms. The number of cyclic esters (lactones) is 1. The second-order valence-corrected chi connectivity index (χ2v) is 15.5. The molecule has 4 atom stereocenters. The summed E-state index contributed by atoms with van der Waals surface area (Å²) in [6.45, 7) is 7.74. The first-order valence-electron chi connectivity index (χ1n) is 14.3. The molecule has 0 saturated carbocycles. The number of aryl methyl sites for hydroxylation is 1. The number of alkyl carbamates (subject to hydrolysis) is 1. The topological polar surface area (TPSA) is 120 Å². The Labute approximate surface area is 258 Å². The third kappa shape index (κ3) is 4.85. The van der Waals surface area contributed by atoms with Gasteiger partial charge in [0.1, 0.15) is 19.0 Å². The number of aliphatic hydroxyl groups is 1. The number of carbonyl (C=O) groups excluding carboxylic acids is 2. The van der Waals surface area contributed by atoms with Crippen LogP contribution in [-0.4, -0.2) is 38.6 Å². The van der Waals surface area contributed by atoms with E-state index in [9.17, 15) is 19.5 Å². The van der Waals surface area contributed by atoms with E-state index in [0.717, 1.165) is 22.1 Å². The van der Waals surface area contributed by atoms with Crippen LogP contribution in [0.15, 0.2) is 16.9 Å². The first kappa shape index (κ1) is 30.4. The smallest absolute Gasteiger partial charge is 0.407 e. The Morgan fingerprint density at radius 1 is 1.33 bits per heavy atom. The Bertz CT molecular complexity index is 1750. The number of rotatable bonds is 7. The Hall–Kier alpha value is -2.66. The van der Waals surface area contributed by atoms with Crippen LogP contribution in [0.1, 0.15) is 73.0 Å². The van der Waals surface area contributed by atoms with E-state index in [1.165, 1.54) is 6.07 Å². The average Bonchev–Trinajstić information content (AvgIpc) is 3.35. The lowest BCUT2D eigenvalue weighted by Gasteiger charge is -2.31. The molecule has 1 aliphatic carbocycles. The number of nitrogens with zero attached hydrogens (tertiary/aromatic N) is 2. The number of esters is 1. The summed E-state index contributed by atoms with van der Waals surface area (Å²) in [5.41, 5.74) is 2.31. The van der Waals surface area contributed by atoms with E-state index in [0.29, 0.717) is 41.2 Å². The quantitative estimate of drug-likeness (QED) is 0.154. The zero-order valence-corrected chi connectivity index (χ0v) is 27.1. The van der Waals surface area contributed by atoms with E-state index in [1.807, 2.05) is 0 Å². The van der Waals surface area contributed by atoms with Gasteiger partial charge in [0.05, 0.1) is 40.3 Å². The van der Waals surface area contributed by atoms with Gasteiger partial charge in [-0.3, -0.25) is 4.79 Å². The molecule has 3 aromatic rings. The molecule has 0 bridgehead atoms. The molecule has 228 valence electrons. The summed E-state index contributed by atoms with van der Waals surface area (Å²) in [6.07, 6.45) is 0.537. The second-order valence-electron chi connectivity index (χ2n) is 11.6. The normalized spacial score (nSPS) is 20.8. The molecule has 2 N–H and O–H groups in total. The predicted molar refractivity (Wildman–Crippen MR) is 168 cm³/mol. The molecule has 1 unspecified atom stereocenters. The molecule has 0 saturated heterocycles.